The fourth-order valence-electron chi connectivity index (χ4n) is 10.2. The van der Waals surface area contributed by atoms with E-state index in [1.54, 1.807) is 0 Å². The van der Waals surface area contributed by atoms with Crippen LogP contribution in [-0.2, 0) is 0 Å². The fourth-order valence-corrected chi connectivity index (χ4v) is 11.3. The average Bonchev–Trinajstić information content (AvgIpc) is 3.77. The number of fused-ring (bicyclic) bond motifs is 6. The summed E-state index contributed by atoms with van der Waals surface area (Å²) in [5.74, 6) is 2.99. The fraction of sp³-hybridized carbons (Fsp3) is 0.320. The molecule has 0 bridgehead atoms. The molecule has 6 aliphatic rings. The largest absolute Gasteiger partial charge is 0.485 e. The number of para-hydroxylation sites is 1. The van der Waals surface area contributed by atoms with Crippen LogP contribution in [0.4, 0.5) is 0 Å². The van der Waals surface area contributed by atoms with Crippen molar-refractivity contribution in [1.29, 1.82) is 0 Å². The molecular weight excluding hydrogens is 663 g/mol. The lowest BCUT2D eigenvalue weighted by molar-refractivity contribution is 0.250. The Kier molecular flexibility index (Phi) is 8.32. The Morgan fingerprint density at radius 3 is 2.55 bits per heavy atom. The predicted molar refractivity (Wildman–Crippen MR) is 224 cm³/mol. The molecule has 3 aromatic carbocycles. The highest BCUT2D eigenvalue weighted by molar-refractivity contribution is 7.25. The lowest BCUT2D eigenvalue weighted by atomic mass is 9.70. The maximum Gasteiger partial charge on any atom is 0.127 e. The summed E-state index contributed by atoms with van der Waals surface area (Å²) in [4.78, 5) is 2.72. The Balaban J connectivity index is 0.932. The van der Waals surface area contributed by atoms with Gasteiger partial charge in [-0.1, -0.05) is 123 Å². The van der Waals surface area contributed by atoms with Gasteiger partial charge < -0.3 is 9.64 Å². The van der Waals surface area contributed by atoms with Gasteiger partial charge in [0.15, 0.2) is 0 Å². The van der Waals surface area contributed by atoms with Gasteiger partial charge in [-0.05, 0) is 115 Å². The first-order valence-corrected chi connectivity index (χ1v) is 20.8. The molecule has 2 nitrogen and oxygen atoms in total. The zero-order chi connectivity index (χ0) is 35.5. The van der Waals surface area contributed by atoms with E-state index in [0.29, 0.717) is 29.7 Å². The van der Waals surface area contributed by atoms with E-state index in [1.807, 2.05) is 11.3 Å². The van der Waals surface area contributed by atoms with Crippen LogP contribution < -0.4 is 4.74 Å². The van der Waals surface area contributed by atoms with E-state index in [1.165, 1.54) is 60.3 Å². The van der Waals surface area contributed by atoms with Crippen LogP contribution in [0.1, 0.15) is 75.8 Å². The molecule has 7 atom stereocenters. The first kappa shape index (κ1) is 33.0. The molecule has 0 radical (unpaired) electrons. The molecule has 0 saturated heterocycles. The first-order valence-electron chi connectivity index (χ1n) is 20.0. The molecule has 266 valence electrons. The van der Waals surface area contributed by atoms with Gasteiger partial charge in [0, 0.05) is 43.0 Å². The van der Waals surface area contributed by atoms with E-state index >= 15 is 0 Å². The van der Waals surface area contributed by atoms with Crippen LogP contribution in [-0.4, -0.2) is 17.0 Å². The minimum atomic E-state index is 0.180. The minimum Gasteiger partial charge on any atom is -0.485 e. The molecule has 0 N–H and O–H groups in total. The molecule has 5 aliphatic carbocycles. The molecule has 10 rings (SSSR count). The van der Waals surface area contributed by atoms with Crippen LogP contribution in [0, 0.1) is 23.2 Å². The van der Waals surface area contributed by atoms with E-state index in [-0.39, 0.29) is 11.5 Å². The standard InChI is InChI=1S/C50H49NOS/c1-33-30-40(24-25-41(33)36-17-27-49-45(32-36)43-11-5-7-13-48(43)53-49)51(39-22-18-37(19-23-39)50(2)28-8-3-9-29-50)38-20-14-34(15-21-38)35-16-26-47-44(31-35)42-10-4-6-12-46(42)52-47/h3-15,17-18,20,22-23,27-28,30-33,35,37-38,41,47H,16,19,21,24-26,29H2,1-2H3. The lowest BCUT2D eigenvalue weighted by Crippen LogP contribution is -2.36. The highest BCUT2D eigenvalue weighted by Gasteiger charge is 2.36. The maximum atomic E-state index is 6.32. The molecule has 0 fully saturated rings. The van der Waals surface area contributed by atoms with Crippen molar-refractivity contribution in [2.75, 3.05) is 0 Å². The van der Waals surface area contributed by atoms with Crippen molar-refractivity contribution < 1.29 is 4.74 Å². The summed E-state index contributed by atoms with van der Waals surface area (Å²) in [5, 5.41) is 2.81. The summed E-state index contributed by atoms with van der Waals surface area (Å²) in [6.45, 7) is 4.88. The van der Waals surface area contributed by atoms with Crippen molar-refractivity contribution in [3.8, 4) is 5.75 Å². The highest BCUT2D eigenvalue weighted by Crippen LogP contribution is 2.47. The lowest BCUT2D eigenvalue weighted by Gasteiger charge is -2.42. The van der Waals surface area contributed by atoms with Gasteiger partial charge in [-0.25, -0.2) is 0 Å². The summed E-state index contributed by atoms with van der Waals surface area (Å²) in [6.07, 6.45) is 37.3. The van der Waals surface area contributed by atoms with Crippen molar-refractivity contribution in [1.82, 2.24) is 4.90 Å². The Hall–Kier alpha value is -4.60. The molecule has 1 aliphatic heterocycles. The summed E-state index contributed by atoms with van der Waals surface area (Å²) in [7, 11) is 0. The normalized spacial score (nSPS) is 30.3. The topological polar surface area (TPSA) is 12.5 Å². The first-order chi connectivity index (χ1) is 26.0. The third-order valence-electron chi connectivity index (χ3n) is 13.2. The molecule has 0 amide bonds. The zero-order valence-corrected chi connectivity index (χ0v) is 31.8. The van der Waals surface area contributed by atoms with Gasteiger partial charge in [0.25, 0.3) is 0 Å². The Morgan fingerprint density at radius 1 is 0.830 bits per heavy atom. The minimum absolute atomic E-state index is 0.180. The van der Waals surface area contributed by atoms with Crippen LogP contribution in [0.5, 0.6) is 5.75 Å². The van der Waals surface area contributed by atoms with Crippen molar-refractivity contribution in [3.63, 3.8) is 0 Å². The van der Waals surface area contributed by atoms with E-state index in [9.17, 15) is 0 Å². The molecule has 3 heteroatoms. The van der Waals surface area contributed by atoms with Gasteiger partial charge in [0.05, 0.1) is 6.04 Å². The molecule has 1 aromatic heterocycles. The van der Waals surface area contributed by atoms with E-state index < -0.39 is 0 Å². The van der Waals surface area contributed by atoms with Crippen molar-refractivity contribution >= 4 is 37.1 Å². The van der Waals surface area contributed by atoms with Gasteiger partial charge in [-0.3, -0.25) is 0 Å². The maximum absolute atomic E-state index is 6.32. The smallest absolute Gasteiger partial charge is 0.127 e. The van der Waals surface area contributed by atoms with Crippen LogP contribution in [0.2, 0.25) is 0 Å². The second-order valence-corrected chi connectivity index (χ2v) is 17.6. The molecule has 0 saturated carbocycles. The Morgan fingerprint density at radius 2 is 1.72 bits per heavy atom. The van der Waals surface area contributed by atoms with Gasteiger partial charge in [0.2, 0.25) is 0 Å². The molecule has 7 unspecified atom stereocenters. The van der Waals surface area contributed by atoms with Crippen LogP contribution >= 0.6 is 11.3 Å². The van der Waals surface area contributed by atoms with Gasteiger partial charge in [-0.2, -0.15) is 0 Å². The monoisotopic (exact) mass is 711 g/mol. The average molecular weight is 712 g/mol. The van der Waals surface area contributed by atoms with E-state index in [0.717, 1.165) is 44.3 Å². The highest BCUT2D eigenvalue weighted by atomic mass is 32.1. The predicted octanol–water partition coefficient (Wildman–Crippen LogP) is 13.2. The number of rotatable bonds is 6. The van der Waals surface area contributed by atoms with Gasteiger partial charge >= 0.3 is 0 Å². The number of nitrogens with zero attached hydrogens (tertiary/aromatic N) is 1. The molecule has 4 aromatic rings. The van der Waals surface area contributed by atoms with Crippen LogP contribution in [0.15, 0.2) is 157 Å². The number of allylic oxidation sites excluding steroid dienone is 12. The Labute approximate surface area is 318 Å². The summed E-state index contributed by atoms with van der Waals surface area (Å²) >= 11 is 1.91. The summed E-state index contributed by atoms with van der Waals surface area (Å²) < 4.78 is 9.10. The molecule has 0 spiro atoms. The van der Waals surface area contributed by atoms with Gasteiger partial charge in [-0.15, -0.1) is 11.3 Å². The Bertz CT molecular complexity index is 2340. The third kappa shape index (κ3) is 5.93. The number of hydrogen-bond acceptors (Lipinski definition) is 3. The number of thiophene rings is 1. The van der Waals surface area contributed by atoms with Gasteiger partial charge in [0.1, 0.15) is 11.9 Å². The van der Waals surface area contributed by atoms with E-state index in [2.05, 4.69) is 158 Å². The second kappa shape index (κ2) is 13.4. The molecular formula is C50H49NOS. The molecule has 53 heavy (non-hydrogen) atoms. The SMILES string of the molecule is CC1C=C(N(C2=CCC(C3(C)C=CC=CC3)C=C2)C2C=CC(C3C=C4c5ccccc5OC4CC3)=CC2)CCC1c1ccc2sc3ccccc3c2c1. The summed E-state index contributed by atoms with van der Waals surface area (Å²) in [6, 6.07) is 25.1. The molecule has 2 heterocycles. The second-order valence-electron chi connectivity index (χ2n) is 16.5. The zero-order valence-electron chi connectivity index (χ0n) is 31.0. The number of ether oxygens (including phenoxy) is 1. The number of benzene rings is 3. The summed E-state index contributed by atoms with van der Waals surface area (Å²) in [5.41, 5.74) is 8.68. The quantitative estimate of drug-likeness (QED) is 0.197. The number of hydrogen-bond donors (Lipinski definition) is 0. The van der Waals surface area contributed by atoms with Crippen LogP contribution in [0.25, 0.3) is 25.7 Å². The van der Waals surface area contributed by atoms with Crippen molar-refractivity contribution in [2.24, 2.45) is 23.2 Å². The van der Waals surface area contributed by atoms with Crippen molar-refractivity contribution in [2.45, 2.75) is 76.9 Å². The van der Waals surface area contributed by atoms with Crippen molar-refractivity contribution in [3.05, 3.63) is 168 Å². The third-order valence-corrected chi connectivity index (χ3v) is 14.4. The van der Waals surface area contributed by atoms with E-state index in [4.69, 9.17) is 4.74 Å². The van der Waals surface area contributed by atoms with Crippen LogP contribution in [0.3, 0.4) is 0 Å².